The molecule has 0 unspecified atom stereocenters. The highest BCUT2D eigenvalue weighted by atomic mass is 35.5. The van der Waals surface area contributed by atoms with Gasteiger partial charge in [0.25, 0.3) is 0 Å². The minimum Gasteiger partial charge on any atom is -0.192 e. The molecule has 0 radical (unpaired) electrons. The zero-order valence-electron chi connectivity index (χ0n) is 11.6. The predicted molar refractivity (Wildman–Crippen MR) is 84.6 cm³/mol. The molecule has 0 bridgehead atoms. The fourth-order valence-electron chi connectivity index (χ4n) is 1.76. The summed E-state index contributed by atoms with van der Waals surface area (Å²) in [5.41, 5.74) is 3.57. The topological polar surface area (TPSA) is 80.3 Å². The van der Waals surface area contributed by atoms with Crippen molar-refractivity contribution in [2.24, 2.45) is 0 Å². The van der Waals surface area contributed by atoms with E-state index >= 15 is 0 Å². The maximum atomic E-state index is 9.13. The van der Waals surface area contributed by atoms with E-state index in [0.717, 1.165) is 22.8 Å². The number of hydrogen-bond acceptors (Lipinski definition) is 7. The molecule has 0 atom stereocenters. The van der Waals surface area contributed by atoms with Crippen molar-refractivity contribution >= 4 is 34.9 Å². The van der Waals surface area contributed by atoms with E-state index in [1.165, 1.54) is 17.3 Å². The van der Waals surface area contributed by atoms with Crippen LogP contribution in [0, 0.1) is 25.2 Å². The van der Waals surface area contributed by atoms with Crippen molar-refractivity contribution in [3.05, 3.63) is 40.0 Å². The van der Waals surface area contributed by atoms with Gasteiger partial charge in [-0.1, -0.05) is 17.7 Å². The third kappa shape index (κ3) is 2.70. The summed E-state index contributed by atoms with van der Waals surface area (Å²) in [6.07, 6.45) is 0. The minimum atomic E-state index is 0.209. The van der Waals surface area contributed by atoms with Crippen LogP contribution in [0.1, 0.15) is 16.7 Å². The van der Waals surface area contributed by atoms with Crippen LogP contribution >= 0.6 is 34.9 Å². The van der Waals surface area contributed by atoms with Crippen LogP contribution in [0.5, 0.6) is 0 Å². The molecule has 0 aliphatic rings. The van der Waals surface area contributed by atoms with Crippen molar-refractivity contribution in [1.82, 2.24) is 24.6 Å². The second-order valence-corrected chi connectivity index (χ2v) is 6.86. The van der Waals surface area contributed by atoms with Gasteiger partial charge in [-0.05, 0) is 70.8 Å². The highest BCUT2D eigenvalue weighted by Crippen LogP contribution is 2.36. The Hall–Kier alpha value is -1.95. The molecular weight excluding hydrogens is 340 g/mol. The molecule has 22 heavy (non-hydrogen) atoms. The van der Waals surface area contributed by atoms with Gasteiger partial charge in [0, 0.05) is 0 Å². The molecule has 0 spiro atoms. The van der Waals surface area contributed by atoms with Crippen molar-refractivity contribution < 1.29 is 0 Å². The summed E-state index contributed by atoms with van der Waals surface area (Å²) in [6.45, 7) is 4.08. The summed E-state index contributed by atoms with van der Waals surface area (Å²) >= 11 is 8.32. The largest absolute Gasteiger partial charge is 0.219 e. The summed E-state index contributed by atoms with van der Waals surface area (Å²) in [4.78, 5) is 0. The molecule has 0 fully saturated rings. The first-order chi connectivity index (χ1) is 10.6. The van der Waals surface area contributed by atoms with Gasteiger partial charge >= 0.3 is 0 Å². The molecule has 0 saturated carbocycles. The number of nitrogens with zero attached hydrogens (tertiary/aromatic N) is 6. The van der Waals surface area contributed by atoms with E-state index in [2.05, 4.69) is 19.9 Å². The van der Waals surface area contributed by atoms with E-state index in [1.807, 2.05) is 38.1 Å². The second-order valence-electron chi connectivity index (χ2n) is 4.49. The Balaban J connectivity index is 1.99. The van der Waals surface area contributed by atoms with Gasteiger partial charge in [0.2, 0.25) is 5.16 Å². The van der Waals surface area contributed by atoms with Crippen molar-refractivity contribution in [2.45, 2.75) is 23.2 Å². The second kappa shape index (κ2) is 6.04. The van der Waals surface area contributed by atoms with Crippen LogP contribution in [0.25, 0.3) is 5.69 Å². The molecular formula is C13H9ClN6S2. The average molecular weight is 349 g/mol. The summed E-state index contributed by atoms with van der Waals surface area (Å²) in [5, 5.41) is 21.6. The molecule has 0 saturated heterocycles. The predicted octanol–water partition coefficient (Wildman–Crippen LogP) is 3.41. The maximum absolute atomic E-state index is 9.13. The number of tetrazole rings is 1. The number of rotatable bonds is 3. The molecule has 9 heteroatoms. The van der Waals surface area contributed by atoms with E-state index < -0.39 is 0 Å². The van der Waals surface area contributed by atoms with E-state index in [4.69, 9.17) is 16.9 Å². The Morgan fingerprint density at radius 3 is 2.86 bits per heavy atom. The summed E-state index contributed by atoms with van der Waals surface area (Å²) in [6, 6.07) is 8.03. The fourth-order valence-corrected chi connectivity index (χ4v) is 3.80. The van der Waals surface area contributed by atoms with Crippen molar-refractivity contribution in [3.63, 3.8) is 0 Å². The summed E-state index contributed by atoms with van der Waals surface area (Å²) in [7, 11) is 0. The van der Waals surface area contributed by atoms with Crippen LogP contribution in [0.15, 0.2) is 27.6 Å². The van der Waals surface area contributed by atoms with Crippen molar-refractivity contribution in [2.75, 3.05) is 0 Å². The first kappa shape index (κ1) is 15.0. The molecule has 3 rings (SSSR count). The number of nitriles is 1. The number of hydrogen-bond donors (Lipinski definition) is 0. The lowest BCUT2D eigenvalue weighted by Crippen LogP contribution is -1.99. The van der Waals surface area contributed by atoms with E-state index in [0.29, 0.717) is 14.9 Å². The van der Waals surface area contributed by atoms with Crippen LogP contribution in [0.3, 0.4) is 0 Å². The quantitative estimate of drug-likeness (QED) is 0.721. The van der Waals surface area contributed by atoms with Crippen LogP contribution in [-0.4, -0.2) is 24.6 Å². The van der Waals surface area contributed by atoms with Gasteiger partial charge in [-0.2, -0.15) is 14.3 Å². The normalized spacial score (nSPS) is 10.6. The first-order valence-electron chi connectivity index (χ1n) is 6.19. The van der Waals surface area contributed by atoms with Gasteiger partial charge in [-0.15, -0.1) is 5.10 Å². The van der Waals surface area contributed by atoms with Crippen LogP contribution in [0.2, 0.25) is 5.15 Å². The minimum absolute atomic E-state index is 0.209. The Labute approximate surface area is 139 Å². The zero-order chi connectivity index (χ0) is 15.7. The Kier molecular flexibility index (Phi) is 4.11. The Bertz CT molecular complexity index is 879. The van der Waals surface area contributed by atoms with Crippen LogP contribution in [-0.2, 0) is 0 Å². The van der Waals surface area contributed by atoms with Crippen molar-refractivity contribution in [3.8, 4) is 11.8 Å². The third-order valence-electron chi connectivity index (χ3n) is 3.09. The lowest BCUT2D eigenvalue weighted by Gasteiger charge is -2.06. The summed E-state index contributed by atoms with van der Waals surface area (Å²) in [5.74, 6) is 0. The molecule has 0 N–H and O–H groups in total. The Morgan fingerprint density at radius 1 is 1.32 bits per heavy atom. The van der Waals surface area contributed by atoms with E-state index in [-0.39, 0.29) is 5.15 Å². The molecule has 6 nitrogen and oxygen atoms in total. The summed E-state index contributed by atoms with van der Waals surface area (Å²) < 4.78 is 6.29. The smallest absolute Gasteiger partial charge is 0.192 e. The highest BCUT2D eigenvalue weighted by Gasteiger charge is 2.17. The number of aryl methyl sites for hydroxylation is 2. The molecule has 0 aliphatic carbocycles. The monoisotopic (exact) mass is 348 g/mol. The molecule has 2 heterocycles. The lowest BCUT2D eigenvalue weighted by molar-refractivity contribution is 0.755. The number of benzene rings is 1. The fraction of sp³-hybridized carbons (Fsp3) is 0.154. The average Bonchev–Trinajstić information content (AvgIpc) is 3.09. The van der Waals surface area contributed by atoms with Gasteiger partial charge < -0.3 is 0 Å². The first-order valence-corrected chi connectivity index (χ1v) is 8.16. The van der Waals surface area contributed by atoms with Crippen LogP contribution in [0.4, 0.5) is 0 Å². The third-order valence-corrected chi connectivity index (χ3v) is 5.41. The molecule has 2 aromatic heterocycles. The maximum Gasteiger partial charge on any atom is 0.219 e. The zero-order valence-corrected chi connectivity index (χ0v) is 14.0. The van der Waals surface area contributed by atoms with Gasteiger partial charge in [0.15, 0.2) is 5.15 Å². The molecule has 3 aromatic rings. The Morgan fingerprint density at radius 2 is 2.14 bits per heavy atom. The van der Waals surface area contributed by atoms with Gasteiger partial charge in [-0.3, -0.25) is 0 Å². The lowest BCUT2D eigenvalue weighted by atomic mass is 10.1. The molecule has 0 amide bonds. The highest BCUT2D eigenvalue weighted by molar-refractivity contribution is 8.01. The van der Waals surface area contributed by atoms with Crippen LogP contribution < -0.4 is 0 Å². The number of halogens is 1. The van der Waals surface area contributed by atoms with Gasteiger partial charge in [0.1, 0.15) is 15.8 Å². The van der Waals surface area contributed by atoms with Gasteiger partial charge in [0.05, 0.1) is 5.69 Å². The van der Waals surface area contributed by atoms with Crippen molar-refractivity contribution in [1.29, 1.82) is 5.26 Å². The van der Waals surface area contributed by atoms with E-state index in [9.17, 15) is 0 Å². The molecule has 1 aromatic carbocycles. The standard InChI is InChI=1S/C13H9ClN6S2/c1-7-3-4-9(5-8(7)2)20-13(16-18-19-20)21-12-10(6-15)11(14)17-22-12/h3-5H,1-2H3. The van der Waals surface area contributed by atoms with E-state index in [1.54, 1.807) is 4.68 Å². The van der Waals surface area contributed by atoms with Gasteiger partial charge in [-0.25, -0.2) is 0 Å². The number of aromatic nitrogens is 5. The molecule has 0 aliphatic heterocycles. The molecule has 110 valence electrons. The SMILES string of the molecule is Cc1ccc(-n2nnnc2Sc2snc(Cl)c2C#N)cc1C.